The van der Waals surface area contributed by atoms with Crippen LogP contribution in [0.3, 0.4) is 0 Å². The number of nitrogens with one attached hydrogen (secondary N) is 2. The fourth-order valence-corrected chi connectivity index (χ4v) is 2.06. The summed E-state index contributed by atoms with van der Waals surface area (Å²) in [5.74, 6) is 0.896. The van der Waals surface area contributed by atoms with Crippen LogP contribution >= 0.6 is 0 Å². The van der Waals surface area contributed by atoms with Crippen LogP contribution < -0.4 is 10.9 Å². The highest BCUT2D eigenvalue weighted by Crippen LogP contribution is 2.45. The maximum atomic E-state index is 11.8. The first kappa shape index (κ1) is 9.09. The quantitative estimate of drug-likeness (QED) is 0.700. The van der Waals surface area contributed by atoms with Gasteiger partial charge in [-0.1, -0.05) is 6.92 Å². The predicted octanol–water partition coefficient (Wildman–Crippen LogP) is 0.467. The van der Waals surface area contributed by atoms with Crippen LogP contribution in [-0.2, 0) is 18.4 Å². The number of aromatic amines is 1. The van der Waals surface area contributed by atoms with Gasteiger partial charge in [0.05, 0.1) is 11.3 Å². The zero-order valence-corrected chi connectivity index (χ0v) is 8.89. The highest BCUT2D eigenvalue weighted by Gasteiger charge is 2.42. The summed E-state index contributed by atoms with van der Waals surface area (Å²) in [7, 11) is 0. The molecule has 1 fully saturated rings. The third-order valence-electron chi connectivity index (χ3n) is 3.51. The Hall–Kier alpha value is -1.16. The van der Waals surface area contributed by atoms with E-state index in [1.54, 1.807) is 0 Å². The van der Waals surface area contributed by atoms with Gasteiger partial charge < -0.3 is 10.3 Å². The second-order valence-corrected chi connectivity index (χ2v) is 4.83. The van der Waals surface area contributed by atoms with Gasteiger partial charge in [0.2, 0.25) is 0 Å². The van der Waals surface area contributed by atoms with Crippen LogP contribution in [0.1, 0.15) is 36.8 Å². The summed E-state index contributed by atoms with van der Waals surface area (Å²) in [5, 5.41) is 3.20. The molecule has 1 aliphatic carbocycles. The summed E-state index contributed by atoms with van der Waals surface area (Å²) in [6.07, 6.45) is 3.17. The van der Waals surface area contributed by atoms with E-state index in [2.05, 4.69) is 22.2 Å². The Kier molecular flexibility index (Phi) is 1.77. The molecule has 80 valence electrons. The van der Waals surface area contributed by atoms with Gasteiger partial charge in [-0.2, -0.15) is 0 Å². The fraction of sp³-hybridized carbons (Fsp3) is 0.636. The Bertz CT molecular complexity index is 459. The van der Waals surface area contributed by atoms with Gasteiger partial charge in [0, 0.05) is 24.9 Å². The highest BCUT2D eigenvalue weighted by molar-refractivity contribution is 5.25. The van der Waals surface area contributed by atoms with Crippen molar-refractivity contribution in [3.8, 4) is 0 Å². The first-order chi connectivity index (χ1) is 7.19. The van der Waals surface area contributed by atoms with Crippen LogP contribution in [0, 0.1) is 0 Å². The minimum atomic E-state index is 0.0512. The van der Waals surface area contributed by atoms with Gasteiger partial charge in [-0.05, 0) is 12.8 Å². The van der Waals surface area contributed by atoms with E-state index in [1.165, 1.54) is 0 Å². The largest absolute Gasteiger partial charge is 0.312 e. The molecule has 0 radical (unpaired) electrons. The summed E-state index contributed by atoms with van der Waals surface area (Å²) < 4.78 is 0. The van der Waals surface area contributed by atoms with E-state index >= 15 is 0 Å². The van der Waals surface area contributed by atoms with E-state index in [0.29, 0.717) is 6.54 Å². The molecule has 0 bridgehead atoms. The van der Waals surface area contributed by atoms with E-state index in [1.807, 2.05) is 0 Å². The molecule has 15 heavy (non-hydrogen) atoms. The molecule has 2 N–H and O–H groups in total. The van der Waals surface area contributed by atoms with Gasteiger partial charge in [-0.25, -0.2) is 4.98 Å². The van der Waals surface area contributed by atoms with Crippen molar-refractivity contribution in [1.29, 1.82) is 0 Å². The van der Waals surface area contributed by atoms with Crippen LogP contribution in [0.4, 0.5) is 0 Å². The Morgan fingerprint density at radius 1 is 1.40 bits per heavy atom. The first-order valence-electron chi connectivity index (χ1n) is 5.52. The minimum absolute atomic E-state index is 0.0512. The molecular formula is C11H15N3O. The minimum Gasteiger partial charge on any atom is -0.312 e. The van der Waals surface area contributed by atoms with E-state index in [9.17, 15) is 4.79 Å². The third kappa shape index (κ3) is 1.40. The number of H-pyrrole nitrogens is 1. The second kappa shape index (κ2) is 2.92. The number of hydrogen-bond acceptors (Lipinski definition) is 3. The molecule has 1 saturated carbocycles. The van der Waals surface area contributed by atoms with Crippen LogP contribution in [-0.4, -0.2) is 16.5 Å². The van der Waals surface area contributed by atoms with Gasteiger partial charge in [0.25, 0.3) is 5.56 Å². The molecule has 4 heteroatoms. The maximum absolute atomic E-state index is 11.8. The number of rotatable bonds is 1. The van der Waals surface area contributed by atoms with Crippen LogP contribution in [0.2, 0.25) is 0 Å². The standard InChI is InChI=1S/C11H15N3O/c1-11(3-4-11)10-13-8-2-5-12-6-7(8)9(15)14-10/h12H,2-6H2,1H3,(H,13,14,15). The smallest absolute Gasteiger partial charge is 0.255 e. The van der Waals surface area contributed by atoms with Crippen molar-refractivity contribution in [2.24, 2.45) is 0 Å². The van der Waals surface area contributed by atoms with Crippen LogP contribution in [0.15, 0.2) is 4.79 Å². The van der Waals surface area contributed by atoms with Gasteiger partial charge in [-0.3, -0.25) is 4.79 Å². The molecule has 1 aromatic heterocycles. The normalized spacial score (nSPS) is 22.2. The molecule has 2 heterocycles. The lowest BCUT2D eigenvalue weighted by atomic mass is 10.1. The molecule has 3 rings (SSSR count). The summed E-state index contributed by atoms with van der Waals surface area (Å²) in [6, 6.07) is 0. The van der Waals surface area contributed by atoms with Crippen molar-refractivity contribution in [3.63, 3.8) is 0 Å². The fourth-order valence-electron chi connectivity index (χ4n) is 2.06. The molecule has 0 amide bonds. The van der Waals surface area contributed by atoms with Gasteiger partial charge in [0.1, 0.15) is 5.82 Å². The molecule has 0 spiro atoms. The molecular weight excluding hydrogens is 190 g/mol. The Morgan fingerprint density at radius 2 is 2.20 bits per heavy atom. The zero-order valence-electron chi connectivity index (χ0n) is 8.89. The molecule has 1 aliphatic heterocycles. The number of fused-ring (bicyclic) bond motifs is 1. The molecule has 0 aromatic carbocycles. The Balaban J connectivity index is 2.13. The lowest BCUT2D eigenvalue weighted by molar-refractivity contribution is 0.598. The van der Waals surface area contributed by atoms with Crippen LogP contribution in [0.5, 0.6) is 0 Å². The number of hydrogen-bond donors (Lipinski definition) is 2. The lowest BCUT2D eigenvalue weighted by Gasteiger charge is -2.17. The van der Waals surface area contributed by atoms with Crippen molar-refractivity contribution in [1.82, 2.24) is 15.3 Å². The van der Waals surface area contributed by atoms with Gasteiger partial charge in [0.15, 0.2) is 0 Å². The summed E-state index contributed by atoms with van der Waals surface area (Å²) >= 11 is 0. The Labute approximate surface area is 88.1 Å². The lowest BCUT2D eigenvalue weighted by Crippen LogP contribution is -2.33. The maximum Gasteiger partial charge on any atom is 0.255 e. The second-order valence-electron chi connectivity index (χ2n) is 4.83. The summed E-state index contributed by atoms with van der Waals surface area (Å²) in [6.45, 7) is 3.76. The van der Waals surface area contributed by atoms with Gasteiger partial charge >= 0.3 is 0 Å². The molecule has 0 saturated heterocycles. The Morgan fingerprint density at radius 3 is 2.93 bits per heavy atom. The molecule has 1 aromatic rings. The molecule has 2 aliphatic rings. The molecule has 0 unspecified atom stereocenters. The summed E-state index contributed by atoms with van der Waals surface area (Å²) in [5.41, 5.74) is 2.03. The number of nitrogens with zero attached hydrogens (tertiary/aromatic N) is 1. The SMILES string of the molecule is CC1(c2nc3c(c(=O)[nH]2)CNCC3)CC1. The van der Waals surface area contributed by atoms with Crippen molar-refractivity contribution in [2.45, 2.75) is 38.1 Å². The third-order valence-corrected chi connectivity index (χ3v) is 3.51. The van der Waals surface area contributed by atoms with Crippen molar-refractivity contribution < 1.29 is 0 Å². The molecule has 4 nitrogen and oxygen atoms in total. The van der Waals surface area contributed by atoms with E-state index < -0.39 is 0 Å². The summed E-state index contributed by atoms with van der Waals surface area (Å²) in [4.78, 5) is 19.4. The van der Waals surface area contributed by atoms with E-state index in [-0.39, 0.29) is 11.0 Å². The topological polar surface area (TPSA) is 57.8 Å². The zero-order chi connectivity index (χ0) is 10.5. The van der Waals surface area contributed by atoms with E-state index in [4.69, 9.17) is 0 Å². The van der Waals surface area contributed by atoms with Crippen molar-refractivity contribution in [2.75, 3.05) is 6.54 Å². The first-order valence-corrected chi connectivity index (χ1v) is 5.52. The predicted molar refractivity (Wildman–Crippen MR) is 56.9 cm³/mol. The highest BCUT2D eigenvalue weighted by atomic mass is 16.1. The van der Waals surface area contributed by atoms with Crippen LogP contribution in [0.25, 0.3) is 0 Å². The van der Waals surface area contributed by atoms with Gasteiger partial charge in [-0.15, -0.1) is 0 Å². The average Bonchev–Trinajstić information content (AvgIpc) is 2.98. The number of aromatic nitrogens is 2. The molecule has 0 atom stereocenters. The van der Waals surface area contributed by atoms with Crippen molar-refractivity contribution in [3.05, 3.63) is 27.4 Å². The average molecular weight is 205 g/mol. The monoisotopic (exact) mass is 205 g/mol. The van der Waals surface area contributed by atoms with E-state index in [0.717, 1.165) is 42.9 Å². The van der Waals surface area contributed by atoms with Crippen molar-refractivity contribution >= 4 is 0 Å².